The molecule has 2 aromatic rings. The molecule has 1 N–H and O–H groups in total. The molecule has 0 fully saturated rings. The molecule has 0 spiro atoms. The molecule has 2 amide bonds. The molecule has 39 heavy (non-hydrogen) atoms. The number of anilines is 1. The highest BCUT2D eigenvalue weighted by Crippen LogP contribution is 2.33. The molecular formula is C25H36N5O8P. The first-order valence-corrected chi connectivity index (χ1v) is 13.7. The van der Waals surface area contributed by atoms with Gasteiger partial charge in [-0.3, -0.25) is 9.09 Å². The van der Waals surface area contributed by atoms with Crippen LogP contribution in [0.5, 0.6) is 0 Å². The smallest absolute Gasteiger partial charge is 0.425 e. The highest BCUT2D eigenvalue weighted by molar-refractivity contribution is 7.32. The van der Waals surface area contributed by atoms with E-state index in [0.29, 0.717) is 17.0 Å². The zero-order chi connectivity index (χ0) is 29.0. The van der Waals surface area contributed by atoms with E-state index in [1.165, 1.54) is 12.7 Å². The molecule has 0 saturated carbocycles. The maximum atomic E-state index is 13.1. The molecule has 2 aromatic heterocycles. The van der Waals surface area contributed by atoms with Crippen molar-refractivity contribution in [3.63, 3.8) is 0 Å². The fourth-order valence-electron chi connectivity index (χ4n) is 3.67. The van der Waals surface area contributed by atoms with E-state index < -0.39 is 43.3 Å². The summed E-state index contributed by atoms with van der Waals surface area (Å²) in [5, 5.41) is 0. The Morgan fingerprint density at radius 1 is 1.10 bits per heavy atom. The fraction of sp³-hybridized carbons (Fsp3) is 0.560. The minimum atomic E-state index is -3.19. The second kappa shape index (κ2) is 12.0. The van der Waals surface area contributed by atoms with Crippen LogP contribution >= 0.6 is 8.25 Å². The quantitative estimate of drug-likeness (QED) is 0.448. The number of rotatable bonds is 8. The molecule has 13 nitrogen and oxygen atoms in total. The summed E-state index contributed by atoms with van der Waals surface area (Å²) in [5.74, 6) is -0.0876. The molecule has 2 heterocycles. The van der Waals surface area contributed by atoms with E-state index in [1.54, 1.807) is 58.3 Å². The van der Waals surface area contributed by atoms with Gasteiger partial charge in [0.25, 0.3) is 0 Å². The molecular weight excluding hydrogens is 529 g/mol. The number of fused-ring (bicyclic) bond motifs is 1. The van der Waals surface area contributed by atoms with Gasteiger partial charge in [0.1, 0.15) is 23.1 Å². The van der Waals surface area contributed by atoms with Crippen molar-refractivity contribution < 1.29 is 37.8 Å². The summed E-state index contributed by atoms with van der Waals surface area (Å²) in [6.07, 6.45) is 7.87. The van der Waals surface area contributed by atoms with Crippen molar-refractivity contribution in [2.45, 2.75) is 84.3 Å². The van der Waals surface area contributed by atoms with Crippen molar-refractivity contribution in [2.24, 2.45) is 0 Å². The van der Waals surface area contributed by atoms with Gasteiger partial charge in [-0.15, -0.1) is 0 Å². The molecule has 0 radical (unpaired) electrons. The molecule has 0 bridgehead atoms. The van der Waals surface area contributed by atoms with E-state index in [9.17, 15) is 19.0 Å². The SMILES string of the molecule is CC(Cn1cnc2c(N(C(=O)OC(C)(C)C)C(=O)OC(C)(C)C)ncnc21)OCC1(O[PH](=O)O)C=CC=CC1. The lowest BCUT2D eigenvalue weighted by atomic mass is 9.96. The summed E-state index contributed by atoms with van der Waals surface area (Å²) in [5.41, 5.74) is -2.28. The molecule has 0 aliphatic heterocycles. The number of amides is 2. The van der Waals surface area contributed by atoms with Gasteiger partial charge in [0.05, 0.1) is 25.6 Å². The highest BCUT2D eigenvalue weighted by Gasteiger charge is 2.36. The van der Waals surface area contributed by atoms with Crippen LogP contribution in [0, 0.1) is 0 Å². The summed E-state index contributed by atoms with van der Waals surface area (Å²) < 4.78 is 35.3. The number of aromatic nitrogens is 4. The fourth-order valence-corrected chi connectivity index (χ4v) is 4.23. The zero-order valence-electron chi connectivity index (χ0n) is 23.2. The third-order valence-electron chi connectivity index (χ3n) is 5.21. The Bertz CT molecular complexity index is 1250. The van der Waals surface area contributed by atoms with Crippen molar-refractivity contribution in [3.05, 3.63) is 37.0 Å². The van der Waals surface area contributed by atoms with Gasteiger partial charge in [0.15, 0.2) is 17.0 Å². The van der Waals surface area contributed by atoms with Crippen LogP contribution < -0.4 is 4.90 Å². The van der Waals surface area contributed by atoms with Crippen LogP contribution in [0.3, 0.4) is 0 Å². The van der Waals surface area contributed by atoms with E-state index >= 15 is 0 Å². The highest BCUT2D eigenvalue weighted by atomic mass is 31.1. The third-order valence-corrected chi connectivity index (χ3v) is 5.79. The Morgan fingerprint density at radius 3 is 2.28 bits per heavy atom. The van der Waals surface area contributed by atoms with Crippen molar-refractivity contribution in [1.82, 2.24) is 19.5 Å². The molecule has 214 valence electrons. The molecule has 1 aliphatic rings. The van der Waals surface area contributed by atoms with E-state index in [0.717, 1.165) is 0 Å². The average molecular weight is 566 g/mol. The van der Waals surface area contributed by atoms with Crippen LogP contribution in [0.25, 0.3) is 11.2 Å². The summed E-state index contributed by atoms with van der Waals surface area (Å²) in [6, 6.07) is 0. The van der Waals surface area contributed by atoms with Gasteiger partial charge in [0.2, 0.25) is 0 Å². The Labute approximate surface area is 227 Å². The predicted octanol–water partition coefficient (Wildman–Crippen LogP) is 4.56. The predicted molar refractivity (Wildman–Crippen MR) is 144 cm³/mol. The lowest BCUT2D eigenvalue weighted by Crippen LogP contribution is -2.44. The molecule has 3 rings (SSSR count). The summed E-state index contributed by atoms with van der Waals surface area (Å²) in [7, 11) is -3.19. The van der Waals surface area contributed by atoms with Crippen molar-refractivity contribution >= 4 is 37.4 Å². The molecule has 3 unspecified atom stereocenters. The van der Waals surface area contributed by atoms with Gasteiger partial charge in [-0.1, -0.05) is 18.2 Å². The van der Waals surface area contributed by atoms with Crippen LogP contribution in [0.4, 0.5) is 15.4 Å². The van der Waals surface area contributed by atoms with Crippen LogP contribution in [-0.2, 0) is 29.8 Å². The van der Waals surface area contributed by atoms with Gasteiger partial charge < -0.3 is 23.7 Å². The summed E-state index contributed by atoms with van der Waals surface area (Å²) in [4.78, 5) is 49.0. The van der Waals surface area contributed by atoms with Crippen LogP contribution in [0.15, 0.2) is 37.0 Å². The number of imide groups is 1. The first kappa shape index (κ1) is 30.4. The number of carbonyl (C=O) groups excluding carboxylic acids is 2. The van der Waals surface area contributed by atoms with Gasteiger partial charge in [-0.05, 0) is 54.5 Å². The number of nitrogens with zero attached hydrogens (tertiary/aromatic N) is 5. The second-order valence-corrected chi connectivity index (χ2v) is 11.8. The minimum Gasteiger partial charge on any atom is -0.443 e. The van der Waals surface area contributed by atoms with Gasteiger partial charge in [-0.25, -0.2) is 24.5 Å². The Morgan fingerprint density at radius 2 is 1.74 bits per heavy atom. The first-order valence-electron chi connectivity index (χ1n) is 12.4. The Balaban J connectivity index is 1.86. The number of carbonyl (C=O) groups is 2. The maximum absolute atomic E-state index is 13.1. The van der Waals surface area contributed by atoms with Gasteiger partial charge in [-0.2, -0.15) is 4.90 Å². The third kappa shape index (κ3) is 8.43. The van der Waals surface area contributed by atoms with E-state index in [2.05, 4.69) is 15.0 Å². The van der Waals surface area contributed by atoms with Crippen molar-refractivity contribution in [2.75, 3.05) is 11.5 Å². The number of allylic oxidation sites excluding steroid dienone is 2. The van der Waals surface area contributed by atoms with Gasteiger partial charge in [0, 0.05) is 6.42 Å². The van der Waals surface area contributed by atoms with Crippen LogP contribution in [0.1, 0.15) is 54.9 Å². The first-order chi connectivity index (χ1) is 18.1. The van der Waals surface area contributed by atoms with E-state index in [-0.39, 0.29) is 24.5 Å². The van der Waals surface area contributed by atoms with E-state index in [4.69, 9.17) is 18.7 Å². The number of hydrogen-bond donors (Lipinski definition) is 1. The molecule has 0 aromatic carbocycles. The summed E-state index contributed by atoms with van der Waals surface area (Å²) >= 11 is 0. The molecule has 14 heteroatoms. The standard InChI is InChI=1S/C25H36N5O8P/c1-17(35-14-25(38-39(33)34)11-9-8-10-12-25)13-29-16-28-18-19(29)26-15-27-20(18)30(21(31)36-23(2,3)4)22(32)37-24(5,6)7/h8-11,15-17,39H,12-14H2,1-7H3,(H,33,34). The Kier molecular flexibility index (Phi) is 9.32. The largest absolute Gasteiger partial charge is 0.443 e. The van der Waals surface area contributed by atoms with Crippen LogP contribution in [-0.4, -0.2) is 66.1 Å². The van der Waals surface area contributed by atoms with Crippen LogP contribution in [0.2, 0.25) is 0 Å². The zero-order valence-corrected chi connectivity index (χ0v) is 24.2. The lowest BCUT2D eigenvalue weighted by Gasteiger charge is -2.31. The molecule has 3 atom stereocenters. The number of ether oxygens (including phenoxy) is 3. The van der Waals surface area contributed by atoms with Gasteiger partial charge >= 0.3 is 20.4 Å². The normalized spacial score (nSPS) is 19.1. The maximum Gasteiger partial charge on any atom is 0.425 e. The van der Waals surface area contributed by atoms with E-state index in [1.807, 2.05) is 19.1 Å². The molecule has 0 saturated heterocycles. The minimum absolute atomic E-state index is 0.0455. The Hall–Kier alpha value is -3.12. The summed E-state index contributed by atoms with van der Waals surface area (Å²) in [6.45, 7) is 12.2. The number of hydrogen-bond acceptors (Lipinski definition) is 10. The second-order valence-electron chi connectivity index (χ2n) is 11.1. The number of imidazole rings is 1. The van der Waals surface area contributed by atoms with Crippen molar-refractivity contribution in [3.8, 4) is 0 Å². The topological polar surface area (TPSA) is 155 Å². The average Bonchev–Trinajstić information content (AvgIpc) is 3.19. The van der Waals surface area contributed by atoms with Crippen molar-refractivity contribution in [1.29, 1.82) is 0 Å². The lowest BCUT2D eigenvalue weighted by molar-refractivity contribution is -0.0324. The monoisotopic (exact) mass is 565 g/mol. The molecule has 1 aliphatic carbocycles.